The molecule has 0 saturated carbocycles. The maximum absolute atomic E-state index is 11.5. The van der Waals surface area contributed by atoms with Crippen LogP contribution in [0, 0.1) is 6.92 Å². The highest BCUT2D eigenvalue weighted by Gasteiger charge is 2.12. The minimum atomic E-state index is -3.70. The number of nitrogens with zero attached hydrogens (tertiary/aromatic N) is 2. The molecule has 6 nitrogen and oxygen atoms in total. The summed E-state index contributed by atoms with van der Waals surface area (Å²) >= 11 is 0. The number of rotatable bonds is 5. The summed E-state index contributed by atoms with van der Waals surface area (Å²) in [5, 5.41) is 12.8. The van der Waals surface area contributed by atoms with Crippen molar-refractivity contribution in [3.63, 3.8) is 0 Å². The van der Waals surface area contributed by atoms with E-state index in [1.54, 1.807) is 23.7 Å². The second kappa shape index (κ2) is 5.87. The number of benzene rings is 1. The van der Waals surface area contributed by atoms with E-state index in [1.165, 1.54) is 0 Å². The second-order valence-corrected chi connectivity index (χ2v) is 6.54. The van der Waals surface area contributed by atoms with Gasteiger partial charge in [-0.1, -0.05) is 13.0 Å². The fraction of sp³-hybridized carbons (Fsp3) is 0.357. The number of primary sulfonamides is 1. The van der Waals surface area contributed by atoms with E-state index < -0.39 is 10.0 Å². The van der Waals surface area contributed by atoms with Gasteiger partial charge < -0.3 is 5.32 Å². The van der Waals surface area contributed by atoms with Crippen molar-refractivity contribution < 1.29 is 8.42 Å². The van der Waals surface area contributed by atoms with Crippen molar-refractivity contribution in [2.75, 3.05) is 5.32 Å². The smallest absolute Gasteiger partial charge is 0.238 e. The molecule has 0 saturated heterocycles. The van der Waals surface area contributed by atoms with Gasteiger partial charge in [0.15, 0.2) is 0 Å². The van der Waals surface area contributed by atoms with E-state index in [0.717, 1.165) is 23.4 Å². The molecule has 1 aromatic heterocycles. The Morgan fingerprint density at radius 2 is 2.10 bits per heavy atom. The van der Waals surface area contributed by atoms with Crippen molar-refractivity contribution in [1.29, 1.82) is 0 Å². The minimum absolute atomic E-state index is 0.148. The van der Waals surface area contributed by atoms with Crippen LogP contribution in [-0.4, -0.2) is 18.2 Å². The lowest BCUT2D eigenvalue weighted by atomic mass is 10.2. The van der Waals surface area contributed by atoms with Gasteiger partial charge in [0.1, 0.15) is 0 Å². The Bertz CT molecular complexity index is 750. The maximum atomic E-state index is 11.5. The number of hydrogen-bond donors (Lipinski definition) is 2. The fourth-order valence-electron chi connectivity index (χ4n) is 2.24. The molecular formula is C14H20N4O2S. The van der Waals surface area contributed by atoms with Gasteiger partial charge in [0.25, 0.3) is 0 Å². The van der Waals surface area contributed by atoms with E-state index in [0.29, 0.717) is 12.1 Å². The zero-order valence-electron chi connectivity index (χ0n) is 12.4. The summed E-state index contributed by atoms with van der Waals surface area (Å²) in [5.41, 5.74) is 3.48. The van der Waals surface area contributed by atoms with Gasteiger partial charge in [-0.2, -0.15) is 5.10 Å². The molecule has 0 aliphatic rings. The summed E-state index contributed by atoms with van der Waals surface area (Å²) in [7, 11) is -1.82. The summed E-state index contributed by atoms with van der Waals surface area (Å²) in [4.78, 5) is 0.148. The molecule has 2 aromatic rings. The van der Waals surface area contributed by atoms with Gasteiger partial charge in [0, 0.05) is 31.0 Å². The molecule has 0 amide bonds. The number of aromatic nitrogens is 2. The van der Waals surface area contributed by atoms with Crippen molar-refractivity contribution in [2.24, 2.45) is 12.2 Å². The highest BCUT2D eigenvalue weighted by molar-refractivity contribution is 7.89. The summed E-state index contributed by atoms with van der Waals surface area (Å²) in [6.45, 7) is 4.36. The number of nitrogens with two attached hydrogens (primary N) is 1. The topological polar surface area (TPSA) is 90.0 Å². The van der Waals surface area contributed by atoms with Crippen LogP contribution < -0.4 is 10.5 Å². The molecule has 21 heavy (non-hydrogen) atoms. The van der Waals surface area contributed by atoms with Gasteiger partial charge in [0.2, 0.25) is 10.0 Å². The summed E-state index contributed by atoms with van der Waals surface area (Å²) in [6.07, 6.45) is 2.81. The van der Waals surface area contributed by atoms with Crippen LogP contribution >= 0.6 is 0 Å². The lowest BCUT2D eigenvalue weighted by Gasteiger charge is -2.09. The van der Waals surface area contributed by atoms with Gasteiger partial charge >= 0.3 is 0 Å². The first-order chi connectivity index (χ1) is 9.81. The second-order valence-electron chi connectivity index (χ2n) is 5.01. The first kappa shape index (κ1) is 15.5. The molecule has 0 aliphatic heterocycles. The lowest BCUT2D eigenvalue weighted by molar-refractivity contribution is 0.597. The summed E-state index contributed by atoms with van der Waals surface area (Å²) in [6, 6.07) is 5.14. The molecule has 114 valence electrons. The highest BCUT2D eigenvalue weighted by Crippen LogP contribution is 2.20. The average Bonchev–Trinajstić information content (AvgIpc) is 2.77. The third-order valence-electron chi connectivity index (χ3n) is 3.30. The van der Waals surface area contributed by atoms with Gasteiger partial charge in [-0.3, -0.25) is 4.68 Å². The quantitative estimate of drug-likeness (QED) is 0.877. The van der Waals surface area contributed by atoms with E-state index in [1.807, 2.05) is 19.3 Å². The van der Waals surface area contributed by atoms with Crippen molar-refractivity contribution in [1.82, 2.24) is 9.78 Å². The number of anilines is 1. The predicted octanol–water partition coefficient (Wildman–Crippen LogP) is 1.55. The van der Waals surface area contributed by atoms with Crippen LogP contribution in [0.15, 0.2) is 29.3 Å². The van der Waals surface area contributed by atoms with Crippen LogP contribution in [0.3, 0.4) is 0 Å². The van der Waals surface area contributed by atoms with Crippen molar-refractivity contribution in [3.8, 4) is 0 Å². The van der Waals surface area contributed by atoms with Crippen LogP contribution in [0.2, 0.25) is 0 Å². The van der Waals surface area contributed by atoms with E-state index in [-0.39, 0.29) is 4.90 Å². The third-order valence-corrected chi connectivity index (χ3v) is 4.36. The first-order valence-electron chi connectivity index (χ1n) is 6.70. The molecule has 2 rings (SSSR count). The van der Waals surface area contributed by atoms with Crippen LogP contribution in [0.25, 0.3) is 0 Å². The Kier molecular flexibility index (Phi) is 4.34. The largest absolute Gasteiger partial charge is 0.381 e. The van der Waals surface area contributed by atoms with E-state index in [2.05, 4.69) is 17.3 Å². The van der Waals surface area contributed by atoms with E-state index in [4.69, 9.17) is 5.14 Å². The molecule has 1 heterocycles. The molecule has 3 N–H and O–H groups in total. The highest BCUT2D eigenvalue weighted by atomic mass is 32.2. The molecule has 0 unspecified atom stereocenters. The molecule has 0 aliphatic carbocycles. The average molecular weight is 308 g/mol. The molecule has 1 aromatic carbocycles. The number of aryl methyl sites for hydroxylation is 3. The molecule has 0 fully saturated rings. The van der Waals surface area contributed by atoms with E-state index in [9.17, 15) is 8.42 Å². The number of sulfonamides is 1. The third kappa shape index (κ3) is 3.62. The van der Waals surface area contributed by atoms with Gasteiger partial charge in [0.05, 0.1) is 10.6 Å². The van der Waals surface area contributed by atoms with Crippen molar-refractivity contribution in [2.45, 2.75) is 31.7 Å². The molecule has 0 atom stereocenters. The molecule has 7 heteroatoms. The molecule has 0 bridgehead atoms. The predicted molar refractivity (Wildman–Crippen MR) is 82.5 cm³/mol. The van der Waals surface area contributed by atoms with Crippen LogP contribution in [0.5, 0.6) is 0 Å². The zero-order chi connectivity index (χ0) is 15.6. The Labute approximate surface area is 125 Å². The zero-order valence-corrected chi connectivity index (χ0v) is 13.2. The van der Waals surface area contributed by atoms with Crippen molar-refractivity contribution in [3.05, 3.63) is 41.2 Å². The van der Waals surface area contributed by atoms with Crippen molar-refractivity contribution >= 4 is 15.7 Å². The summed E-state index contributed by atoms with van der Waals surface area (Å²) < 4.78 is 24.8. The SMILES string of the molecule is CCc1nn(C)cc1CNc1ccc(C)c(S(N)(=O)=O)c1. The first-order valence-corrected chi connectivity index (χ1v) is 8.24. The normalized spacial score (nSPS) is 11.6. The Hall–Kier alpha value is -1.86. The molecular weight excluding hydrogens is 288 g/mol. The maximum Gasteiger partial charge on any atom is 0.238 e. The Balaban J connectivity index is 2.21. The van der Waals surface area contributed by atoms with Gasteiger partial charge in [-0.25, -0.2) is 13.6 Å². The molecule has 0 radical (unpaired) electrons. The number of hydrogen-bond acceptors (Lipinski definition) is 4. The Morgan fingerprint density at radius 3 is 2.71 bits per heavy atom. The van der Waals surface area contributed by atoms with Crippen LogP contribution in [-0.2, 0) is 30.0 Å². The monoisotopic (exact) mass is 308 g/mol. The minimum Gasteiger partial charge on any atom is -0.381 e. The van der Waals surface area contributed by atoms with Crippen LogP contribution in [0.1, 0.15) is 23.7 Å². The Morgan fingerprint density at radius 1 is 1.38 bits per heavy atom. The van der Waals surface area contributed by atoms with Crippen LogP contribution in [0.4, 0.5) is 5.69 Å². The van der Waals surface area contributed by atoms with Gasteiger partial charge in [-0.15, -0.1) is 0 Å². The standard InChI is InChI=1S/C14H20N4O2S/c1-4-13-11(9-18(3)17-13)8-16-12-6-5-10(2)14(7-12)21(15,19)20/h5-7,9,16H,4,8H2,1-3H3,(H2,15,19,20). The fourth-order valence-corrected chi connectivity index (χ4v) is 3.05. The number of nitrogens with one attached hydrogen (secondary N) is 1. The summed E-state index contributed by atoms with van der Waals surface area (Å²) in [5.74, 6) is 0. The van der Waals surface area contributed by atoms with E-state index >= 15 is 0 Å². The van der Waals surface area contributed by atoms with Gasteiger partial charge in [-0.05, 0) is 31.0 Å². The lowest BCUT2D eigenvalue weighted by Crippen LogP contribution is -2.14. The molecule has 0 spiro atoms.